The zero-order chi connectivity index (χ0) is 26.9. The van der Waals surface area contributed by atoms with Gasteiger partial charge >= 0.3 is 5.97 Å². The number of anilines is 1. The number of pyridine rings is 1. The Morgan fingerprint density at radius 2 is 1.95 bits per heavy atom. The van der Waals surface area contributed by atoms with Crippen molar-refractivity contribution in [1.82, 2.24) is 4.57 Å². The van der Waals surface area contributed by atoms with Crippen molar-refractivity contribution in [2.75, 3.05) is 38.9 Å². The van der Waals surface area contributed by atoms with Gasteiger partial charge in [0.15, 0.2) is 0 Å². The third-order valence-corrected chi connectivity index (χ3v) is 6.76. The highest BCUT2D eigenvalue weighted by Gasteiger charge is 2.25. The van der Waals surface area contributed by atoms with Gasteiger partial charge in [-0.2, -0.15) is 0 Å². The van der Waals surface area contributed by atoms with Crippen LogP contribution in [0.2, 0.25) is 5.02 Å². The molecule has 0 spiro atoms. The molecule has 2 heterocycles. The van der Waals surface area contributed by atoms with Gasteiger partial charge in [-0.15, -0.1) is 0 Å². The van der Waals surface area contributed by atoms with Gasteiger partial charge in [-0.05, 0) is 35.7 Å². The van der Waals surface area contributed by atoms with Gasteiger partial charge in [0.25, 0.3) is 0 Å². The number of carbonyl (C=O) groups is 2. The van der Waals surface area contributed by atoms with Crippen LogP contribution < -0.4 is 15.1 Å². The molecule has 1 aliphatic heterocycles. The fourth-order valence-corrected chi connectivity index (χ4v) is 4.89. The van der Waals surface area contributed by atoms with Gasteiger partial charge in [-0.25, -0.2) is 9.18 Å². The van der Waals surface area contributed by atoms with Crippen LogP contribution in [0.5, 0.6) is 5.75 Å². The molecule has 1 aliphatic rings. The molecule has 9 nitrogen and oxygen atoms in total. The normalized spacial score (nSPS) is 14.4. The van der Waals surface area contributed by atoms with E-state index in [0.717, 1.165) is 0 Å². The van der Waals surface area contributed by atoms with E-state index in [-0.39, 0.29) is 41.5 Å². The van der Waals surface area contributed by atoms with Crippen molar-refractivity contribution in [1.29, 1.82) is 0 Å². The topological polar surface area (TPSA) is 118 Å². The summed E-state index contributed by atoms with van der Waals surface area (Å²) in [5, 5.41) is 19.4. The number of hydrogen-bond donors (Lipinski definition) is 2. The number of hydrogen-bond acceptors (Lipinski definition) is 6. The fraction of sp³-hybridized carbons (Fsp3) is 0.346. The minimum atomic E-state index is -1.42. The number of methoxy groups -OCH3 is 2. The van der Waals surface area contributed by atoms with Gasteiger partial charge in [0, 0.05) is 49.8 Å². The number of aromatic nitrogens is 1. The lowest BCUT2D eigenvalue weighted by Gasteiger charge is -2.22. The largest absolute Gasteiger partial charge is 0.496 e. The number of ether oxygens (including phenoxy) is 2. The first kappa shape index (κ1) is 26.6. The van der Waals surface area contributed by atoms with Crippen molar-refractivity contribution in [2.45, 2.75) is 25.3 Å². The zero-order valence-corrected chi connectivity index (χ0v) is 21.0. The van der Waals surface area contributed by atoms with Crippen LogP contribution in [0.1, 0.15) is 40.4 Å². The number of nitrogens with zero attached hydrogens (tertiary/aromatic N) is 2. The van der Waals surface area contributed by atoms with E-state index in [0.29, 0.717) is 41.9 Å². The lowest BCUT2D eigenvalue weighted by atomic mass is 9.99. The van der Waals surface area contributed by atoms with Crippen LogP contribution in [0.4, 0.5) is 10.1 Å². The second-order valence-electron chi connectivity index (χ2n) is 8.78. The van der Waals surface area contributed by atoms with Crippen molar-refractivity contribution < 1.29 is 33.7 Å². The van der Waals surface area contributed by atoms with Crippen LogP contribution in [-0.4, -0.2) is 60.6 Å². The summed E-state index contributed by atoms with van der Waals surface area (Å²) >= 11 is 6.16. The summed E-state index contributed by atoms with van der Waals surface area (Å²) in [5.41, 5.74) is 0.176. The number of carboxylic acid groups (broad SMARTS) is 1. The third kappa shape index (κ3) is 5.04. The lowest BCUT2D eigenvalue weighted by Crippen LogP contribution is -2.25. The maximum atomic E-state index is 15.1. The Hall–Kier alpha value is -3.47. The number of carbonyl (C=O) groups excluding carboxylic acids is 1. The second-order valence-corrected chi connectivity index (χ2v) is 9.19. The number of amides is 1. The fourth-order valence-electron chi connectivity index (χ4n) is 4.66. The molecular formula is C26H26ClFN2O7. The van der Waals surface area contributed by atoms with Gasteiger partial charge in [-0.1, -0.05) is 11.6 Å². The van der Waals surface area contributed by atoms with Crippen molar-refractivity contribution in [3.8, 4) is 5.75 Å². The van der Waals surface area contributed by atoms with Crippen LogP contribution in [0, 0.1) is 5.82 Å². The Balaban J connectivity index is 1.90. The highest BCUT2D eigenvalue weighted by Crippen LogP contribution is 2.33. The summed E-state index contributed by atoms with van der Waals surface area (Å²) in [6.07, 6.45) is 2.22. The average Bonchev–Trinajstić information content (AvgIpc) is 3.31. The van der Waals surface area contributed by atoms with Crippen LogP contribution >= 0.6 is 11.6 Å². The molecule has 1 amide bonds. The number of aromatic carboxylic acids is 1. The monoisotopic (exact) mass is 532 g/mol. The number of benzene rings is 2. The van der Waals surface area contributed by atoms with Gasteiger partial charge in [-0.3, -0.25) is 9.59 Å². The average molecular weight is 533 g/mol. The third-order valence-electron chi connectivity index (χ3n) is 6.48. The number of aliphatic hydroxyl groups excluding tert-OH is 1. The molecule has 0 radical (unpaired) electrons. The minimum absolute atomic E-state index is 0.0429. The molecule has 2 aromatic carbocycles. The maximum Gasteiger partial charge on any atom is 0.341 e. The van der Waals surface area contributed by atoms with Gasteiger partial charge in [0.1, 0.15) is 17.1 Å². The summed E-state index contributed by atoms with van der Waals surface area (Å²) in [4.78, 5) is 38.7. The first-order valence-electron chi connectivity index (χ1n) is 11.6. The summed E-state index contributed by atoms with van der Waals surface area (Å²) in [6.45, 7) is 0.189. The van der Waals surface area contributed by atoms with E-state index in [4.69, 9.17) is 21.1 Å². The van der Waals surface area contributed by atoms with E-state index in [1.54, 1.807) is 17.0 Å². The van der Waals surface area contributed by atoms with Crippen molar-refractivity contribution in [3.63, 3.8) is 0 Å². The molecule has 3 aromatic rings. The molecule has 4 rings (SSSR count). The minimum Gasteiger partial charge on any atom is -0.496 e. The molecule has 0 aliphatic carbocycles. The van der Waals surface area contributed by atoms with Gasteiger partial charge < -0.3 is 29.2 Å². The van der Waals surface area contributed by atoms with E-state index < -0.39 is 28.8 Å². The number of carboxylic acids is 1. The van der Waals surface area contributed by atoms with Gasteiger partial charge in [0.2, 0.25) is 11.3 Å². The molecule has 1 aromatic heterocycles. The zero-order valence-electron chi connectivity index (χ0n) is 20.3. The highest BCUT2D eigenvalue weighted by molar-refractivity contribution is 6.31. The molecule has 2 N–H and O–H groups in total. The summed E-state index contributed by atoms with van der Waals surface area (Å²) < 4.78 is 27.3. The van der Waals surface area contributed by atoms with Crippen molar-refractivity contribution >= 4 is 40.1 Å². The van der Waals surface area contributed by atoms with E-state index in [9.17, 15) is 24.6 Å². The number of halogens is 2. The van der Waals surface area contributed by atoms with Crippen LogP contribution in [-0.2, 0) is 16.0 Å². The first-order valence-corrected chi connectivity index (χ1v) is 11.9. The van der Waals surface area contributed by atoms with E-state index in [2.05, 4.69) is 0 Å². The molecule has 37 heavy (non-hydrogen) atoms. The predicted molar refractivity (Wildman–Crippen MR) is 136 cm³/mol. The van der Waals surface area contributed by atoms with Crippen LogP contribution in [0.3, 0.4) is 0 Å². The number of rotatable bonds is 9. The molecule has 11 heteroatoms. The van der Waals surface area contributed by atoms with Gasteiger partial charge in [0.05, 0.1) is 36.9 Å². The first-order chi connectivity index (χ1) is 17.7. The van der Waals surface area contributed by atoms with E-state index >= 15 is 4.39 Å². The molecule has 1 saturated heterocycles. The van der Waals surface area contributed by atoms with Crippen molar-refractivity contribution in [2.24, 2.45) is 0 Å². The summed E-state index contributed by atoms with van der Waals surface area (Å²) in [6, 6.07) is 5.28. The highest BCUT2D eigenvalue weighted by atomic mass is 35.5. The van der Waals surface area contributed by atoms with Crippen LogP contribution in [0.25, 0.3) is 10.9 Å². The lowest BCUT2D eigenvalue weighted by molar-refractivity contribution is -0.117. The standard InChI is InChI=1S/C26H26ClFN2O7/c1-36-13-17(12-31)30-11-19(26(34)35)25(33)18-8-14(22(37-2)10-21(18)30)6-15-7-16(9-20(27)24(15)28)29-5-3-4-23(29)32/h7-11,17,31H,3-6,12-13H2,1-2H3,(H,34,35)/t17-/m1/s1. The second kappa shape index (κ2) is 10.9. The molecule has 0 bridgehead atoms. The molecule has 0 saturated carbocycles. The number of aliphatic hydroxyl groups is 1. The Bertz CT molecular complexity index is 1440. The SMILES string of the molecule is COC[C@@H](CO)n1cc(C(=O)O)c(=O)c2cc(Cc3cc(N4CCCC4=O)cc(Cl)c3F)c(OC)cc21. The smallest absolute Gasteiger partial charge is 0.341 e. The molecular weight excluding hydrogens is 507 g/mol. The molecule has 196 valence electrons. The van der Waals surface area contributed by atoms with Crippen molar-refractivity contribution in [3.05, 3.63) is 68.2 Å². The summed E-state index contributed by atoms with van der Waals surface area (Å²) in [5.74, 6) is -1.85. The Morgan fingerprint density at radius 1 is 1.19 bits per heavy atom. The Morgan fingerprint density at radius 3 is 2.54 bits per heavy atom. The Labute approximate surface area is 216 Å². The van der Waals surface area contributed by atoms with E-state index in [1.807, 2.05) is 0 Å². The van der Waals surface area contributed by atoms with Crippen LogP contribution in [0.15, 0.2) is 35.3 Å². The Kier molecular flexibility index (Phi) is 7.82. The number of fused-ring (bicyclic) bond motifs is 1. The molecule has 0 unspecified atom stereocenters. The quantitative estimate of drug-likeness (QED) is 0.433. The molecule has 1 atom stereocenters. The van der Waals surface area contributed by atoms with E-state index in [1.165, 1.54) is 37.1 Å². The maximum absolute atomic E-state index is 15.1. The molecule has 1 fully saturated rings. The predicted octanol–water partition coefficient (Wildman–Crippen LogP) is 3.40. The summed E-state index contributed by atoms with van der Waals surface area (Å²) in [7, 11) is 2.85.